The lowest BCUT2D eigenvalue weighted by atomic mass is 9.91. The molecule has 1 fully saturated rings. The van der Waals surface area contributed by atoms with Gasteiger partial charge in [-0.2, -0.15) is 0 Å². The number of carbonyl (C=O) groups is 2. The second-order valence-electron chi connectivity index (χ2n) is 6.71. The van der Waals surface area contributed by atoms with E-state index in [2.05, 4.69) is 0 Å². The van der Waals surface area contributed by atoms with Crippen LogP contribution < -0.4 is 0 Å². The number of carboxylic acid groups (broad SMARTS) is 1. The molecule has 2 rings (SSSR count). The molecule has 1 aliphatic rings. The van der Waals surface area contributed by atoms with Crippen LogP contribution in [0, 0.1) is 12.8 Å². The van der Waals surface area contributed by atoms with Crippen molar-refractivity contribution in [1.82, 2.24) is 4.90 Å². The molecule has 0 unspecified atom stereocenters. The molecule has 0 bridgehead atoms. The molecule has 1 aromatic rings. The van der Waals surface area contributed by atoms with Gasteiger partial charge in [0, 0.05) is 6.54 Å². The van der Waals surface area contributed by atoms with Crippen molar-refractivity contribution >= 4 is 12.1 Å². The van der Waals surface area contributed by atoms with Gasteiger partial charge in [0.05, 0.1) is 12.0 Å². The number of ether oxygens (including phenoxy) is 1. The van der Waals surface area contributed by atoms with Crippen molar-refractivity contribution < 1.29 is 19.4 Å². The van der Waals surface area contributed by atoms with Crippen LogP contribution in [0.4, 0.5) is 4.79 Å². The van der Waals surface area contributed by atoms with Crippen LogP contribution in [0.25, 0.3) is 0 Å². The second kappa shape index (κ2) is 5.99. The Morgan fingerprint density at radius 1 is 1.27 bits per heavy atom. The Morgan fingerprint density at radius 2 is 1.91 bits per heavy atom. The third-order valence-corrected chi connectivity index (χ3v) is 3.85. The molecule has 1 N–H and O–H groups in total. The van der Waals surface area contributed by atoms with Gasteiger partial charge in [0.1, 0.15) is 5.60 Å². The quantitative estimate of drug-likeness (QED) is 0.909. The van der Waals surface area contributed by atoms with Crippen molar-refractivity contribution in [1.29, 1.82) is 0 Å². The molecule has 1 aromatic carbocycles. The maximum atomic E-state index is 12.4. The van der Waals surface area contributed by atoms with Crippen LogP contribution >= 0.6 is 0 Å². The highest BCUT2D eigenvalue weighted by atomic mass is 16.6. The number of aliphatic carboxylic acids is 1. The van der Waals surface area contributed by atoms with E-state index in [0.29, 0.717) is 13.0 Å². The minimum absolute atomic E-state index is 0.394. The fraction of sp³-hybridized carbons (Fsp3) is 0.529. The third-order valence-electron chi connectivity index (χ3n) is 3.85. The summed E-state index contributed by atoms with van der Waals surface area (Å²) >= 11 is 0. The predicted octanol–water partition coefficient (Wildman–Crippen LogP) is 3.38. The van der Waals surface area contributed by atoms with Crippen LogP contribution in [-0.4, -0.2) is 34.2 Å². The van der Waals surface area contributed by atoms with Crippen molar-refractivity contribution in [2.75, 3.05) is 6.54 Å². The summed E-state index contributed by atoms with van der Waals surface area (Å²) in [5.74, 6) is -1.48. The molecule has 1 heterocycles. The Balaban J connectivity index is 2.36. The average molecular weight is 305 g/mol. The molecular formula is C17H23NO4. The van der Waals surface area contributed by atoms with Gasteiger partial charge in [-0.25, -0.2) is 4.79 Å². The zero-order valence-corrected chi connectivity index (χ0v) is 13.5. The number of nitrogens with zero attached hydrogens (tertiary/aromatic N) is 1. The van der Waals surface area contributed by atoms with Crippen LogP contribution in [0.2, 0.25) is 0 Å². The first-order valence-electron chi connectivity index (χ1n) is 7.48. The molecule has 1 saturated heterocycles. The molecule has 0 saturated carbocycles. The van der Waals surface area contributed by atoms with E-state index in [-0.39, 0.29) is 0 Å². The van der Waals surface area contributed by atoms with E-state index in [4.69, 9.17) is 4.74 Å². The summed E-state index contributed by atoms with van der Waals surface area (Å²) in [6.45, 7) is 7.74. The SMILES string of the molecule is Cc1ccccc1[C@H]1[C@H](C(=O)O)CCN1C(=O)OC(C)(C)C. The van der Waals surface area contributed by atoms with Gasteiger partial charge in [0.25, 0.3) is 0 Å². The monoisotopic (exact) mass is 305 g/mol. The van der Waals surface area contributed by atoms with E-state index >= 15 is 0 Å². The van der Waals surface area contributed by atoms with Crippen molar-refractivity contribution in [2.45, 2.75) is 45.8 Å². The number of amides is 1. The fourth-order valence-electron chi connectivity index (χ4n) is 2.88. The largest absolute Gasteiger partial charge is 0.481 e. The summed E-state index contributed by atoms with van der Waals surface area (Å²) in [4.78, 5) is 25.6. The summed E-state index contributed by atoms with van der Waals surface area (Å²) in [6.07, 6.45) is -0.0161. The third kappa shape index (κ3) is 3.40. The standard InChI is InChI=1S/C17H23NO4/c1-11-7-5-6-8-12(11)14-13(15(19)20)9-10-18(14)16(21)22-17(2,3)4/h5-8,13-14H,9-10H2,1-4H3,(H,19,20)/t13-,14+/m1/s1. The Labute approximate surface area is 130 Å². The van der Waals surface area contributed by atoms with Gasteiger partial charge in [-0.15, -0.1) is 0 Å². The minimum atomic E-state index is -0.876. The highest BCUT2D eigenvalue weighted by Crippen LogP contribution is 2.39. The first kappa shape index (κ1) is 16.3. The highest BCUT2D eigenvalue weighted by Gasteiger charge is 2.44. The number of carbonyl (C=O) groups excluding carboxylic acids is 1. The first-order chi connectivity index (χ1) is 10.2. The lowest BCUT2D eigenvalue weighted by molar-refractivity contribution is -0.142. The number of aryl methyl sites for hydroxylation is 1. The van der Waals surface area contributed by atoms with E-state index in [9.17, 15) is 14.7 Å². The van der Waals surface area contributed by atoms with Gasteiger partial charge in [0.15, 0.2) is 0 Å². The molecule has 0 radical (unpaired) electrons. The summed E-state index contributed by atoms with van der Waals surface area (Å²) in [5.41, 5.74) is 1.25. The molecule has 5 heteroatoms. The number of benzene rings is 1. The molecule has 0 spiro atoms. The highest BCUT2D eigenvalue weighted by molar-refractivity contribution is 5.76. The normalized spacial score (nSPS) is 21.7. The molecule has 120 valence electrons. The van der Waals surface area contributed by atoms with E-state index in [1.54, 1.807) is 25.7 Å². The summed E-state index contributed by atoms with van der Waals surface area (Å²) in [7, 11) is 0. The maximum Gasteiger partial charge on any atom is 0.410 e. The molecule has 0 aliphatic carbocycles. The van der Waals surface area contributed by atoms with Crippen LogP contribution in [0.3, 0.4) is 0 Å². The molecule has 22 heavy (non-hydrogen) atoms. The van der Waals surface area contributed by atoms with E-state index < -0.39 is 29.6 Å². The number of carboxylic acids is 1. The van der Waals surface area contributed by atoms with Gasteiger partial charge in [-0.1, -0.05) is 24.3 Å². The zero-order valence-electron chi connectivity index (χ0n) is 13.5. The lowest BCUT2D eigenvalue weighted by Gasteiger charge is -2.30. The predicted molar refractivity (Wildman–Crippen MR) is 82.6 cm³/mol. The fourth-order valence-corrected chi connectivity index (χ4v) is 2.88. The first-order valence-corrected chi connectivity index (χ1v) is 7.48. The van der Waals surface area contributed by atoms with Crippen LogP contribution in [0.1, 0.15) is 44.4 Å². The Morgan fingerprint density at radius 3 is 2.45 bits per heavy atom. The van der Waals surface area contributed by atoms with Gasteiger partial charge < -0.3 is 14.7 Å². The average Bonchev–Trinajstić information content (AvgIpc) is 2.82. The van der Waals surface area contributed by atoms with Crippen molar-refractivity contribution in [3.63, 3.8) is 0 Å². The minimum Gasteiger partial charge on any atom is -0.481 e. The zero-order chi connectivity index (χ0) is 16.5. The van der Waals surface area contributed by atoms with E-state index in [0.717, 1.165) is 11.1 Å². The van der Waals surface area contributed by atoms with Gasteiger partial charge >= 0.3 is 12.1 Å². The number of hydrogen-bond acceptors (Lipinski definition) is 3. The Hall–Kier alpha value is -2.04. The molecule has 5 nitrogen and oxygen atoms in total. The van der Waals surface area contributed by atoms with Gasteiger partial charge in [0.2, 0.25) is 0 Å². The van der Waals surface area contributed by atoms with Crippen molar-refractivity contribution in [3.05, 3.63) is 35.4 Å². The van der Waals surface area contributed by atoms with Crippen LogP contribution in [-0.2, 0) is 9.53 Å². The van der Waals surface area contributed by atoms with Crippen LogP contribution in [0.15, 0.2) is 24.3 Å². The number of rotatable bonds is 2. The molecule has 2 atom stereocenters. The van der Waals surface area contributed by atoms with E-state index in [1.165, 1.54) is 0 Å². The summed E-state index contributed by atoms with van der Waals surface area (Å²) in [5, 5.41) is 9.49. The topological polar surface area (TPSA) is 66.8 Å². The van der Waals surface area contributed by atoms with Crippen molar-refractivity contribution in [2.24, 2.45) is 5.92 Å². The second-order valence-corrected chi connectivity index (χ2v) is 6.71. The smallest absolute Gasteiger partial charge is 0.410 e. The molecule has 1 aliphatic heterocycles. The molecular weight excluding hydrogens is 282 g/mol. The summed E-state index contributed by atoms with van der Waals surface area (Å²) < 4.78 is 5.44. The van der Waals surface area contributed by atoms with Gasteiger partial charge in [-0.05, 0) is 45.2 Å². The molecule has 1 amide bonds. The molecule has 0 aromatic heterocycles. The van der Waals surface area contributed by atoms with Crippen LogP contribution in [0.5, 0.6) is 0 Å². The lowest BCUT2D eigenvalue weighted by Crippen LogP contribution is -2.38. The number of hydrogen-bond donors (Lipinski definition) is 1. The Kier molecular flexibility index (Phi) is 4.44. The number of likely N-dealkylation sites (tertiary alicyclic amines) is 1. The van der Waals surface area contributed by atoms with Crippen molar-refractivity contribution in [3.8, 4) is 0 Å². The maximum absolute atomic E-state index is 12.4. The van der Waals surface area contributed by atoms with Gasteiger partial charge in [-0.3, -0.25) is 4.79 Å². The van der Waals surface area contributed by atoms with E-state index in [1.807, 2.05) is 31.2 Å². The summed E-state index contributed by atoms with van der Waals surface area (Å²) in [6, 6.07) is 7.11. The Bertz CT molecular complexity index is 576.